The fourth-order valence-electron chi connectivity index (χ4n) is 1.14. The van der Waals surface area contributed by atoms with E-state index >= 15 is 0 Å². The number of hydrogen-bond acceptors (Lipinski definition) is 1. The maximum absolute atomic E-state index is 5.91. The third-order valence-electron chi connectivity index (χ3n) is 1.66. The highest BCUT2D eigenvalue weighted by atomic mass is 79.9. The first-order chi connectivity index (χ1) is 5.66. The van der Waals surface area contributed by atoms with Crippen LogP contribution in [-0.2, 0) is 7.05 Å². The Bertz CT molecular complexity index is 397. The molecule has 1 aromatic carbocycles. The molecule has 2 aromatic rings. The van der Waals surface area contributed by atoms with Crippen LogP contribution in [0.3, 0.4) is 0 Å². The van der Waals surface area contributed by atoms with Gasteiger partial charge in [0.2, 0.25) is 0 Å². The molecule has 0 bridgehead atoms. The van der Waals surface area contributed by atoms with E-state index in [2.05, 4.69) is 21.0 Å². The molecule has 0 radical (unpaired) electrons. The Balaban J connectivity index is 2.83. The Morgan fingerprint density at radius 2 is 2.25 bits per heavy atom. The number of nitrogens with zero attached hydrogens (tertiary/aromatic N) is 2. The van der Waals surface area contributed by atoms with E-state index in [1.54, 1.807) is 4.68 Å². The maximum Gasteiger partial charge on any atom is 0.0935 e. The molecule has 0 unspecified atom stereocenters. The molecule has 1 heterocycles. The first-order valence-corrected chi connectivity index (χ1v) is 4.62. The summed E-state index contributed by atoms with van der Waals surface area (Å²) in [5.41, 5.74) is 0.953. The smallest absolute Gasteiger partial charge is 0.0935 e. The molecule has 0 saturated heterocycles. The van der Waals surface area contributed by atoms with Gasteiger partial charge in [-0.15, -0.1) is 0 Å². The van der Waals surface area contributed by atoms with Gasteiger partial charge in [-0.25, -0.2) is 0 Å². The highest BCUT2D eigenvalue weighted by Gasteiger charge is 2.02. The van der Waals surface area contributed by atoms with Crippen molar-refractivity contribution in [2.45, 2.75) is 0 Å². The topological polar surface area (TPSA) is 17.8 Å². The van der Waals surface area contributed by atoms with Gasteiger partial charge in [-0.1, -0.05) is 11.6 Å². The van der Waals surface area contributed by atoms with E-state index in [-0.39, 0.29) is 0 Å². The predicted octanol–water partition coefficient (Wildman–Crippen LogP) is 2.99. The molecule has 0 saturated carbocycles. The van der Waals surface area contributed by atoms with Crippen molar-refractivity contribution >= 4 is 38.4 Å². The van der Waals surface area contributed by atoms with E-state index in [9.17, 15) is 0 Å². The third kappa shape index (κ3) is 1.23. The molecule has 0 fully saturated rings. The van der Waals surface area contributed by atoms with Crippen LogP contribution in [0, 0.1) is 0 Å². The van der Waals surface area contributed by atoms with Crippen LogP contribution in [0.4, 0.5) is 0 Å². The first-order valence-electron chi connectivity index (χ1n) is 3.45. The van der Waals surface area contributed by atoms with Crippen molar-refractivity contribution in [1.82, 2.24) is 9.78 Å². The van der Waals surface area contributed by atoms with Gasteiger partial charge in [0.1, 0.15) is 0 Å². The van der Waals surface area contributed by atoms with Crippen LogP contribution in [0.15, 0.2) is 22.8 Å². The molecule has 2 nitrogen and oxygen atoms in total. The van der Waals surface area contributed by atoms with Gasteiger partial charge in [0.25, 0.3) is 0 Å². The van der Waals surface area contributed by atoms with Gasteiger partial charge in [-0.3, -0.25) is 4.68 Å². The Labute approximate surface area is 83.3 Å². The Kier molecular flexibility index (Phi) is 1.85. The minimum atomic E-state index is 0.718. The molecular formula is C8H6BrClN2. The predicted molar refractivity (Wildman–Crippen MR) is 53.4 cm³/mol. The average Bonchev–Trinajstić information content (AvgIpc) is 2.30. The van der Waals surface area contributed by atoms with E-state index in [1.165, 1.54) is 0 Å². The lowest BCUT2D eigenvalue weighted by Gasteiger charge is -1.93. The quantitative estimate of drug-likeness (QED) is 0.698. The third-order valence-corrected chi connectivity index (χ3v) is 2.86. The number of fused-ring (bicyclic) bond motifs is 1. The number of rotatable bonds is 0. The summed E-state index contributed by atoms with van der Waals surface area (Å²) in [4.78, 5) is 0. The Hall–Kier alpha value is -0.540. The number of halogens is 2. The molecule has 0 N–H and O–H groups in total. The molecule has 0 amide bonds. The van der Waals surface area contributed by atoms with Crippen molar-refractivity contribution in [3.8, 4) is 0 Å². The van der Waals surface area contributed by atoms with E-state index < -0.39 is 0 Å². The van der Waals surface area contributed by atoms with Gasteiger partial charge in [0.15, 0.2) is 0 Å². The van der Waals surface area contributed by atoms with Gasteiger partial charge in [0.05, 0.1) is 10.5 Å². The van der Waals surface area contributed by atoms with Crippen molar-refractivity contribution in [2.75, 3.05) is 0 Å². The molecule has 0 atom stereocenters. The van der Waals surface area contributed by atoms with Crippen LogP contribution in [0.25, 0.3) is 10.9 Å². The highest BCUT2D eigenvalue weighted by molar-refractivity contribution is 9.10. The van der Waals surface area contributed by atoms with E-state index in [0.717, 1.165) is 20.4 Å². The Morgan fingerprint density at radius 1 is 1.50 bits per heavy atom. The van der Waals surface area contributed by atoms with Crippen molar-refractivity contribution in [2.24, 2.45) is 7.05 Å². The normalized spacial score (nSPS) is 10.9. The number of benzene rings is 1. The molecule has 0 aliphatic heterocycles. The second-order valence-electron chi connectivity index (χ2n) is 2.63. The SMILES string of the molecule is Cn1cc2cc(Cl)c(Br)cc2n1. The lowest BCUT2D eigenvalue weighted by Crippen LogP contribution is -1.84. The molecule has 12 heavy (non-hydrogen) atoms. The summed E-state index contributed by atoms with van der Waals surface area (Å²) in [5, 5.41) is 6.02. The van der Waals surface area contributed by atoms with Crippen molar-refractivity contribution < 1.29 is 0 Å². The van der Waals surface area contributed by atoms with Crippen molar-refractivity contribution in [3.05, 3.63) is 27.8 Å². The second kappa shape index (κ2) is 2.75. The zero-order chi connectivity index (χ0) is 8.72. The summed E-state index contributed by atoms with van der Waals surface area (Å²) in [7, 11) is 1.89. The number of hydrogen-bond donors (Lipinski definition) is 0. The first kappa shape index (κ1) is 8.08. The van der Waals surface area contributed by atoms with Crippen LogP contribution in [-0.4, -0.2) is 9.78 Å². The highest BCUT2D eigenvalue weighted by Crippen LogP contribution is 2.27. The summed E-state index contributed by atoms with van der Waals surface area (Å²) in [6.07, 6.45) is 1.94. The number of aryl methyl sites for hydroxylation is 1. The molecule has 1 aromatic heterocycles. The van der Waals surface area contributed by atoms with Gasteiger partial charge in [0, 0.05) is 23.1 Å². The lowest BCUT2D eigenvalue weighted by atomic mass is 10.3. The summed E-state index contributed by atoms with van der Waals surface area (Å²) in [6.45, 7) is 0. The largest absolute Gasteiger partial charge is 0.275 e. The van der Waals surface area contributed by atoms with Crippen LogP contribution in [0.5, 0.6) is 0 Å². The van der Waals surface area contributed by atoms with Gasteiger partial charge in [-0.05, 0) is 28.1 Å². The fraction of sp³-hybridized carbons (Fsp3) is 0.125. The van der Waals surface area contributed by atoms with Crippen molar-refractivity contribution in [3.63, 3.8) is 0 Å². The zero-order valence-electron chi connectivity index (χ0n) is 6.38. The average molecular weight is 246 g/mol. The van der Waals surface area contributed by atoms with Crippen LogP contribution in [0.2, 0.25) is 5.02 Å². The summed E-state index contributed by atoms with van der Waals surface area (Å²) >= 11 is 9.26. The summed E-state index contributed by atoms with van der Waals surface area (Å²) in [5.74, 6) is 0. The minimum absolute atomic E-state index is 0.718. The molecule has 4 heteroatoms. The van der Waals surface area contributed by atoms with E-state index in [1.807, 2.05) is 25.4 Å². The maximum atomic E-state index is 5.91. The molecule has 2 rings (SSSR count). The molecule has 0 spiro atoms. The minimum Gasteiger partial charge on any atom is -0.275 e. The summed E-state index contributed by atoms with van der Waals surface area (Å²) in [6, 6.07) is 3.81. The Morgan fingerprint density at radius 3 is 3.00 bits per heavy atom. The van der Waals surface area contributed by atoms with Gasteiger partial charge in [-0.2, -0.15) is 5.10 Å². The van der Waals surface area contributed by atoms with Crippen LogP contribution < -0.4 is 0 Å². The van der Waals surface area contributed by atoms with Gasteiger partial charge >= 0.3 is 0 Å². The summed E-state index contributed by atoms with van der Waals surface area (Å²) < 4.78 is 2.66. The number of aromatic nitrogens is 2. The van der Waals surface area contributed by atoms with Crippen LogP contribution in [0.1, 0.15) is 0 Å². The fourth-order valence-corrected chi connectivity index (χ4v) is 1.65. The monoisotopic (exact) mass is 244 g/mol. The molecular weight excluding hydrogens is 239 g/mol. The lowest BCUT2D eigenvalue weighted by molar-refractivity contribution is 0.779. The molecule has 0 aliphatic rings. The molecule has 62 valence electrons. The second-order valence-corrected chi connectivity index (χ2v) is 3.89. The van der Waals surface area contributed by atoms with E-state index in [4.69, 9.17) is 11.6 Å². The van der Waals surface area contributed by atoms with Crippen molar-refractivity contribution in [1.29, 1.82) is 0 Å². The van der Waals surface area contributed by atoms with E-state index in [0.29, 0.717) is 0 Å². The molecule has 0 aliphatic carbocycles. The van der Waals surface area contributed by atoms with Gasteiger partial charge < -0.3 is 0 Å². The standard InChI is InChI=1S/C8H6BrClN2/c1-12-4-5-2-7(10)6(9)3-8(5)11-12/h2-4H,1H3. The van der Waals surface area contributed by atoms with Crippen LogP contribution >= 0.6 is 27.5 Å². The zero-order valence-corrected chi connectivity index (χ0v) is 8.72.